The Morgan fingerprint density at radius 3 is 2.17 bits per heavy atom. The van der Waals surface area contributed by atoms with E-state index in [1.807, 2.05) is 51.1 Å². The molecule has 0 saturated heterocycles. The zero-order valence-electron chi connectivity index (χ0n) is 21.4. The van der Waals surface area contributed by atoms with E-state index in [1.165, 1.54) is 0 Å². The fraction of sp³-hybridized carbons (Fsp3) is 0.444. The standard InChI is InChI=1S/C27H37N3O6/c1-27(2,3)29-26(33)23(17-19-9-6-5-7-10-19)28-25(32)20(18-24(31)30-34)11-8-16-36-22-14-12-21(35-4)13-15-22/h5-7,9-10,12-15,20,23,34H,8,11,16-18H2,1-4H3,(H,28,32)(H,29,33)(H,30,31)/t20-,23+/m1/s1. The first-order valence-corrected chi connectivity index (χ1v) is 12.0. The van der Waals surface area contributed by atoms with Crippen LogP contribution in [0.25, 0.3) is 0 Å². The van der Waals surface area contributed by atoms with E-state index in [0.717, 1.165) is 11.3 Å². The largest absolute Gasteiger partial charge is 0.497 e. The van der Waals surface area contributed by atoms with E-state index in [2.05, 4.69) is 10.6 Å². The van der Waals surface area contributed by atoms with Gasteiger partial charge in [-0.15, -0.1) is 0 Å². The minimum atomic E-state index is -0.825. The molecule has 0 fully saturated rings. The maximum absolute atomic E-state index is 13.2. The van der Waals surface area contributed by atoms with Crippen molar-refractivity contribution in [1.82, 2.24) is 16.1 Å². The van der Waals surface area contributed by atoms with Crippen molar-refractivity contribution < 1.29 is 29.1 Å². The topological polar surface area (TPSA) is 126 Å². The summed E-state index contributed by atoms with van der Waals surface area (Å²) in [5.74, 6) is -0.801. The summed E-state index contributed by atoms with van der Waals surface area (Å²) >= 11 is 0. The van der Waals surface area contributed by atoms with E-state index in [1.54, 1.807) is 36.9 Å². The summed E-state index contributed by atoms with van der Waals surface area (Å²) in [6.07, 6.45) is 0.895. The number of carbonyl (C=O) groups excluding carboxylic acids is 3. The Bertz CT molecular complexity index is 973. The average Bonchev–Trinajstić information content (AvgIpc) is 2.85. The van der Waals surface area contributed by atoms with Crippen molar-refractivity contribution in [3.63, 3.8) is 0 Å². The van der Waals surface area contributed by atoms with Crippen LogP contribution in [0.15, 0.2) is 54.6 Å². The third kappa shape index (κ3) is 10.4. The molecule has 9 heteroatoms. The van der Waals surface area contributed by atoms with Gasteiger partial charge in [0.15, 0.2) is 0 Å². The second kappa shape index (κ2) is 14.1. The van der Waals surface area contributed by atoms with Crippen LogP contribution in [0.2, 0.25) is 0 Å². The minimum Gasteiger partial charge on any atom is -0.497 e. The van der Waals surface area contributed by atoms with Crippen LogP contribution in [0.5, 0.6) is 11.5 Å². The average molecular weight is 500 g/mol. The van der Waals surface area contributed by atoms with Gasteiger partial charge in [0, 0.05) is 24.3 Å². The summed E-state index contributed by atoms with van der Waals surface area (Å²) in [6.45, 7) is 5.92. The Morgan fingerprint density at radius 1 is 0.944 bits per heavy atom. The fourth-order valence-corrected chi connectivity index (χ4v) is 3.59. The van der Waals surface area contributed by atoms with Crippen molar-refractivity contribution in [2.45, 2.75) is 58.0 Å². The van der Waals surface area contributed by atoms with Gasteiger partial charge in [0.2, 0.25) is 17.7 Å². The number of nitrogens with one attached hydrogen (secondary N) is 3. The number of ether oxygens (including phenoxy) is 2. The van der Waals surface area contributed by atoms with Gasteiger partial charge in [-0.05, 0) is 63.4 Å². The van der Waals surface area contributed by atoms with E-state index in [-0.39, 0.29) is 12.3 Å². The number of hydrogen-bond donors (Lipinski definition) is 4. The lowest BCUT2D eigenvalue weighted by Crippen LogP contribution is -2.54. The SMILES string of the molecule is COc1ccc(OCCC[C@H](CC(=O)NO)C(=O)N[C@@H](Cc2ccccc2)C(=O)NC(C)(C)C)cc1. The molecule has 2 atom stereocenters. The fourth-order valence-electron chi connectivity index (χ4n) is 3.59. The lowest BCUT2D eigenvalue weighted by atomic mass is 9.96. The summed E-state index contributed by atoms with van der Waals surface area (Å²) in [4.78, 5) is 38.1. The summed E-state index contributed by atoms with van der Waals surface area (Å²) in [6, 6.07) is 15.7. The van der Waals surface area contributed by atoms with E-state index in [0.29, 0.717) is 31.6 Å². The molecule has 0 unspecified atom stereocenters. The lowest BCUT2D eigenvalue weighted by molar-refractivity contribution is -0.136. The quantitative estimate of drug-likeness (QED) is 0.191. The van der Waals surface area contributed by atoms with Crippen LogP contribution < -0.4 is 25.6 Å². The second-order valence-electron chi connectivity index (χ2n) is 9.59. The van der Waals surface area contributed by atoms with E-state index in [4.69, 9.17) is 14.7 Å². The summed E-state index contributed by atoms with van der Waals surface area (Å²) in [5.41, 5.74) is 2.00. The molecule has 2 rings (SSSR count). The first-order chi connectivity index (χ1) is 17.1. The van der Waals surface area contributed by atoms with Crippen LogP contribution in [0, 0.1) is 5.92 Å². The van der Waals surface area contributed by atoms with Gasteiger partial charge in [-0.3, -0.25) is 19.6 Å². The molecule has 0 aliphatic heterocycles. The number of hydrogen-bond acceptors (Lipinski definition) is 6. The van der Waals surface area contributed by atoms with E-state index in [9.17, 15) is 14.4 Å². The zero-order valence-corrected chi connectivity index (χ0v) is 21.4. The molecule has 36 heavy (non-hydrogen) atoms. The van der Waals surface area contributed by atoms with Crippen LogP contribution in [-0.2, 0) is 20.8 Å². The van der Waals surface area contributed by atoms with Crippen LogP contribution in [0.1, 0.15) is 45.6 Å². The maximum Gasteiger partial charge on any atom is 0.244 e. The number of rotatable bonds is 13. The molecule has 2 aromatic carbocycles. The molecule has 0 saturated carbocycles. The smallest absolute Gasteiger partial charge is 0.244 e. The Morgan fingerprint density at radius 2 is 1.58 bits per heavy atom. The van der Waals surface area contributed by atoms with Gasteiger partial charge in [0.1, 0.15) is 17.5 Å². The van der Waals surface area contributed by atoms with Crippen molar-refractivity contribution in [1.29, 1.82) is 0 Å². The van der Waals surface area contributed by atoms with Crippen molar-refractivity contribution in [3.8, 4) is 11.5 Å². The molecule has 0 aromatic heterocycles. The van der Waals surface area contributed by atoms with Crippen molar-refractivity contribution in [3.05, 3.63) is 60.2 Å². The summed E-state index contributed by atoms with van der Waals surface area (Å²) in [7, 11) is 1.58. The van der Waals surface area contributed by atoms with E-state index < -0.39 is 29.3 Å². The number of carbonyl (C=O) groups is 3. The predicted octanol–water partition coefficient (Wildman–Crippen LogP) is 3.01. The normalized spacial score (nSPS) is 12.7. The monoisotopic (exact) mass is 499 g/mol. The molecular weight excluding hydrogens is 462 g/mol. The summed E-state index contributed by atoms with van der Waals surface area (Å²) < 4.78 is 10.8. The Kier molecular flexibility index (Phi) is 11.2. The highest BCUT2D eigenvalue weighted by molar-refractivity contribution is 5.91. The highest BCUT2D eigenvalue weighted by Gasteiger charge is 2.29. The van der Waals surface area contributed by atoms with Gasteiger partial charge in [-0.1, -0.05) is 30.3 Å². The Hall–Kier alpha value is -3.59. The highest BCUT2D eigenvalue weighted by atomic mass is 16.5. The van der Waals surface area contributed by atoms with Crippen LogP contribution >= 0.6 is 0 Å². The molecule has 0 bridgehead atoms. The third-order valence-electron chi connectivity index (χ3n) is 5.37. The summed E-state index contributed by atoms with van der Waals surface area (Å²) in [5, 5.41) is 14.7. The number of methoxy groups -OCH3 is 1. The molecule has 9 nitrogen and oxygen atoms in total. The Labute approximate surface area is 212 Å². The second-order valence-corrected chi connectivity index (χ2v) is 9.59. The number of hydroxylamine groups is 1. The Balaban J connectivity index is 2.05. The van der Waals surface area contributed by atoms with Crippen molar-refractivity contribution in [2.24, 2.45) is 5.92 Å². The number of amides is 3. The van der Waals surface area contributed by atoms with Gasteiger partial charge in [-0.25, -0.2) is 5.48 Å². The lowest BCUT2D eigenvalue weighted by Gasteiger charge is -2.27. The molecule has 0 radical (unpaired) electrons. The van der Waals surface area contributed by atoms with E-state index >= 15 is 0 Å². The molecule has 3 amide bonds. The molecule has 0 heterocycles. The molecule has 0 aliphatic rings. The van der Waals surface area contributed by atoms with Crippen molar-refractivity contribution >= 4 is 17.7 Å². The first kappa shape index (κ1) is 28.6. The predicted molar refractivity (Wildman–Crippen MR) is 136 cm³/mol. The van der Waals surface area contributed by atoms with Crippen LogP contribution in [0.3, 0.4) is 0 Å². The van der Waals surface area contributed by atoms with Gasteiger partial charge in [-0.2, -0.15) is 0 Å². The van der Waals surface area contributed by atoms with Crippen LogP contribution in [0.4, 0.5) is 0 Å². The minimum absolute atomic E-state index is 0.218. The van der Waals surface area contributed by atoms with Crippen LogP contribution in [-0.4, -0.2) is 48.2 Å². The third-order valence-corrected chi connectivity index (χ3v) is 5.37. The zero-order chi connectivity index (χ0) is 26.6. The van der Waals surface area contributed by atoms with Gasteiger partial charge >= 0.3 is 0 Å². The number of benzene rings is 2. The molecule has 0 spiro atoms. The first-order valence-electron chi connectivity index (χ1n) is 12.0. The molecule has 4 N–H and O–H groups in total. The van der Waals surface area contributed by atoms with Crippen molar-refractivity contribution in [2.75, 3.05) is 13.7 Å². The molecule has 2 aromatic rings. The van der Waals surface area contributed by atoms with Gasteiger partial charge in [0.05, 0.1) is 13.7 Å². The van der Waals surface area contributed by atoms with Gasteiger partial charge in [0.25, 0.3) is 0 Å². The molecular formula is C27H37N3O6. The van der Waals surface area contributed by atoms with Gasteiger partial charge < -0.3 is 20.1 Å². The molecule has 0 aliphatic carbocycles. The highest BCUT2D eigenvalue weighted by Crippen LogP contribution is 2.19. The maximum atomic E-state index is 13.2. The molecule has 196 valence electrons.